The van der Waals surface area contributed by atoms with E-state index in [0.29, 0.717) is 6.61 Å². The second-order valence-electron chi connectivity index (χ2n) is 7.49. The van der Waals surface area contributed by atoms with E-state index in [4.69, 9.17) is 14.2 Å². The number of nitrogens with one attached hydrogen (secondary N) is 1. The van der Waals surface area contributed by atoms with Gasteiger partial charge < -0.3 is 19.5 Å². The van der Waals surface area contributed by atoms with Crippen molar-refractivity contribution in [2.75, 3.05) is 20.3 Å². The number of benzene rings is 2. The van der Waals surface area contributed by atoms with E-state index in [9.17, 15) is 4.79 Å². The molecule has 27 heavy (non-hydrogen) atoms. The molecule has 0 aromatic heterocycles. The minimum absolute atomic E-state index is 0.0278. The molecule has 2 aromatic rings. The standard InChI is InChI=1S/C22H29NO4/c1-16(14-26-18-12-10-17(25-5)11-13-18)23-21(24)15-27-20-9-7-6-8-19(20)22(2,3)4/h6-13,16H,14-15H2,1-5H3,(H,23,24)/t16-/m0/s1. The van der Waals surface area contributed by atoms with Crippen LogP contribution < -0.4 is 19.5 Å². The van der Waals surface area contributed by atoms with Crippen LogP contribution in [0.25, 0.3) is 0 Å². The lowest BCUT2D eigenvalue weighted by Crippen LogP contribution is -2.39. The van der Waals surface area contributed by atoms with E-state index < -0.39 is 0 Å². The number of amides is 1. The molecule has 0 fully saturated rings. The first-order valence-electron chi connectivity index (χ1n) is 9.08. The maximum atomic E-state index is 12.2. The van der Waals surface area contributed by atoms with E-state index >= 15 is 0 Å². The summed E-state index contributed by atoms with van der Waals surface area (Å²) < 4.78 is 16.5. The van der Waals surface area contributed by atoms with Crippen molar-refractivity contribution >= 4 is 5.91 Å². The van der Waals surface area contributed by atoms with Crippen LogP contribution in [0.1, 0.15) is 33.3 Å². The molecule has 5 heteroatoms. The fourth-order valence-electron chi connectivity index (χ4n) is 2.61. The third-order valence-electron chi connectivity index (χ3n) is 4.02. The van der Waals surface area contributed by atoms with Gasteiger partial charge in [-0.25, -0.2) is 0 Å². The highest BCUT2D eigenvalue weighted by atomic mass is 16.5. The second-order valence-corrected chi connectivity index (χ2v) is 7.49. The highest BCUT2D eigenvalue weighted by Gasteiger charge is 2.19. The third kappa shape index (κ3) is 6.51. The number of para-hydroxylation sites is 1. The van der Waals surface area contributed by atoms with Gasteiger partial charge in [-0.3, -0.25) is 4.79 Å². The van der Waals surface area contributed by atoms with Crippen LogP contribution in [-0.4, -0.2) is 32.3 Å². The predicted molar refractivity (Wildman–Crippen MR) is 107 cm³/mol. The number of methoxy groups -OCH3 is 1. The second kappa shape index (κ2) is 9.31. The summed E-state index contributed by atoms with van der Waals surface area (Å²) in [5, 5.41) is 2.89. The summed E-state index contributed by atoms with van der Waals surface area (Å²) in [5.41, 5.74) is 1.03. The Balaban J connectivity index is 1.80. The molecule has 2 rings (SSSR count). The summed E-state index contributed by atoms with van der Waals surface area (Å²) in [7, 11) is 1.62. The Kier molecular flexibility index (Phi) is 7.11. The maximum absolute atomic E-state index is 12.2. The molecule has 0 saturated carbocycles. The molecule has 0 radical (unpaired) electrons. The van der Waals surface area contributed by atoms with E-state index in [1.165, 1.54) is 0 Å². The van der Waals surface area contributed by atoms with Crippen LogP contribution in [0.4, 0.5) is 0 Å². The van der Waals surface area contributed by atoms with Crippen molar-refractivity contribution in [2.45, 2.75) is 39.2 Å². The molecule has 0 spiro atoms. The number of hydrogen-bond donors (Lipinski definition) is 1. The van der Waals surface area contributed by atoms with Crippen molar-refractivity contribution in [3.63, 3.8) is 0 Å². The summed E-state index contributed by atoms with van der Waals surface area (Å²) in [5.74, 6) is 2.07. The molecule has 0 aliphatic heterocycles. The lowest BCUT2D eigenvalue weighted by molar-refractivity contribution is -0.123. The number of rotatable bonds is 8. The van der Waals surface area contributed by atoms with Gasteiger partial charge in [-0.15, -0.1) is 0 Å². The molecule has 1 amide bonds. The summed E-state index contributed by atoms with van der Waals surface area (Å²) in [6.45, 7) is 8.59. The zero-order valence-corrected chi connectivity index (χ0v) is 16.7. The Morgan fingerprint density at radius 2 is 1.63 bits per heavy atom. The van der Waals surface area contributed by atoms with Crippen molar-refractivity contribution in [1.29, 1.82) is 0 Å². The van der Waals surface area contributed by atoms with Crippen molar-refractivity contribution in [3.8, 4) is 17.2 Å². The Morgan fingerprint density at radius 3 is 2.26 bits per heavy atom. The van der Waals surface area contributed by atoms with E-state index in [-0.39, 0.29) is 24.0 Å². The normalized spacial score (nSPS) is 12.2. The monoisotopic (exact) mass is 371 g/mol. The van der Waals surface area contributed by atoms with Gasteiger partial charge in [-0.1, -0.05) is 39.0 Å². The van der Waals surface area contributed by atoms with Crippen LogP contribution in [0, 0.1) is 0 Å². The van der Waals surface area contributed by atoms with Gasteiger partial charge in [-0.05, 0) is 48.2 Å². The Morgan fingerprint density at radius 1 is 1.00 bits per heavy atom. The largest absolute Gasteiger partial charge is 0.497 e. The van der Waals surface area contributed by atoms with Crippen molar-refractivity contribution < 1.29 is 19.0 Å². The van der Waals surface area contributed by atoms with E-state index in [2.05, 4.69) is 26.1 Å². The first kappa shape index (κ1) is 20.6. The van der Waals surface area contributed by atoms with Crippen molar-refractivity contribution in [1.82, 2.24) is 5.32 Å². The molecule has 0 heterocycles. The number of hydrogen-bond acceptors (Lipinski definition) is 4. The SMILES string of the molecule is COc1ccc(OC[C@H](C)NC(=O)COc2ccccc2C(C)(C)C)cc1. The lowest BCUT2D eigenvalue weighted by atomic mass is 9.86. The number of carbonyl (C=O) groups is 1. The highest BCUT2D eigenvalue weighted by Crippen LogP contribution is 2.30. The van der Waals surface area contributed by atoms with Crippen molar-refractivity contribution in [2.24, 2.45) is 0 Å². The highest BCUT2D eigenvalue weighted by molar-refractivity contribution is 5.77. The predicted octanol–water partition coefficient (Wildman–Crippen LogP) is 3.96. The third-order valence-corrected chi connectivity index (χ3v) is 4.02. The minimum Gasteiger partial charge on any atom is -0.497 e. The molecular weight excluding hydrogens is 342 g/mol. The van der Waals surface area contributed by atoms with E-state index in [1.807, 2.05) is 55.5 Å². The molecular formula is C22H29NO4. The van der Waals surface area contributed by atoms with Gasteiger partial charge in [-0.2, -0.15) is 0 Å². The zero-order chi connectivity index (χ0) is 19.9. The first-order chi connectivity index (χ1) is 12.8. The zero-order valence-electron chi connectivity index (χ0n) is 16.7. The molecule has 146 valence electrons. The van der Waals surface area contributed by atoms with Crippen molar-refractivity contribution in [3.05, 3.63) is 54.1 Å². The fourth-order valence-corrected chi connectivity index (χ4v) is 2.61. The average molecular weight is 371 g/mol. The number of ether oxygens (including phenoxy) is 3. The molecule has 5 nitrogen and oxygen atoms in total. The quantitative estimate of drug-likeness (QED) is 0.763. The summed E-state index contributed by atoms with van der Waals surface area (Å²) >= 11 is 0. The van der Waals surface area contributed by atoms with Crippen LogP contribution in [0.15, 0.2) is 48.5 Å². The smallest absolute Gasteiger partial charge is 0.258 e. The Labute approximate surface area is 161 Å². The average Bonchev–Trinajstić information content (AvgIpc) is 2.64. The van der Waals surface area contributed by atoms with Crippen LogP contribution in [0.5, 0.6) is 17.2 Å². The molecule has 1 atom stereocenters. The van der Waals surface area contributed by atoms with Crippen LogP contribution in [0.3, 0.4) is 0 Å². The van der Waals surface area contributed by atoms with Gasteiger partial charge in [0.1, 0.15) is 23.9 Å². The fraction of sp³-hybridized carbons (Fsp3) is 0.409. The topological polar surface area (TPSA) is 56.8 Å². The molecule has 0 bridgehead atoms. The lowest BCUT2D eigenvalue weighted by Gasteiger charge is -2.22. The molecule has 2 aromatic carbocycles. The summed E-state index contributed by atoms with van der Waals surface area (Å²) in [4.78, 5) is 12.2. The summed E-state index contributed by atoms with van der Waals surface area (Å²) in [6.07, 6.45) is 0. The van der Waals surface area contributed by atoms with E-state index in [1.54, 1.807) is 7.11 Å². The van der Waals surface area contributed by atoms with Crippen LogP contribution >= 0.6 is 0 Å². The van der Waals surface area contributed by atoms with Gasteiger partial charge >= 0.3 is 0 Å². The molecule has 0 saturated heterocycles. The van der Waals surface area contributed by atoms with Gasteiger partial charge in [0.05, 0.1) is 13.2 Å². The van der Waals surface area contributed by atoms with Crippen LogP contribution in [-0.2, 0) is 10.2 Å². The van der Waals surface area contributed by atoms with Gasteiger partial charge in [0.15, 0.2) is 6.61 Å². The Hall–Kier alpha value is -2.69. The molecule has 0 unspecified atom stereocenters. The number of carbonyl (C=O) groups excluding carboxylic acids is 1. The molecule has 0 aliphatic rings. The Bertz CT molecular complexity index is 735. The van der Waals surface area contributed by atoms with Gasteiger partial charge in [0.2, 0.25) is 0 Å². The van der Waals surface area contributed by atoms with Gasteiger partial charge in [0, 0.05) is 0 Å². The maximum Gasteiger partial charge on any atom is 0.258 e. The van der Waals surface area contributed by atoms with E-state index in [0.717, 1.165) is 22.8 Å². The minimum atomic E-state index is -0.176. The van der Waals surface area contributed by atoms with Crippen LogP contribution in [0.2, 0.25) is 0 Å². The molecule has 1 N–H and O–H groups in total. The first-order valence-corrected chi connectivity index (χ1v) is 9.08. The van der Waals surface area contributed by atoms with Gasteiger partial charge in [0.25, 0.3) is 5.91 Å². The molecule has 0 aliphatic carbocycles. The summed E-state index contributed by atoms with van der Waals surface area (Å²) in [6, 6.07) is 15.0.